The second kappa shape index (κ2) is 8.87. The number of para-hydroxylation sites is 1. The molecule has 0 saturated heterocycles. The topological polar surface area (TPSA) is 71.8 Å². The Morgan fingerprint density at radius 3 is 2.67 bits per heavy atom. The number of fused-ring (bicyclic) bond motifs is 1. The van der Waals surface area contributed by atoms with Gasteiger partial charge in [0, 0.05) is 12.1 Å². The molecule has 2 heterocycles. The highest BCUT2D eigenvalue weighted by molar-refractivity contribution is 8.00. The number of rotatable bonds is 6. The van der Waals surface area contributed by atoms with Crippen molar-refractivity contribution >= 4 is 23.4 Å². The predicted octanol–water partition coefficient (Wildman–Crippen LogP) is 4.33. The zero-order chi connectivity index (χ0) is 21.1. The van der Waals surface area contributed by atoms with E-state index in [9.17, 15) is 9.18 Å². The van der Waals surface area contributed by atoms with Gasteiger partial charge in [0.2, 0.25) is 11.1 Å². The van der Waals surface area contributed by atoms with Gasteiger partial charge in [-0.15, -0.1) is 10.2 Å². The van der Waals surface area contributed by atoms with Crippen LogP contribution in [-0.4, -0.2) is 26.0 Å². The maximum Gasteiger partial charge on any atom is 0.240 e. The third-order valence-electron chi connectivity index (χ3n) is 5.12. The highest BCUT2D eigenvalue weighted by Gasteiger charge is 2.37. The van der Waals surface area contributed by atoms with Crippen molar-refractivity contribution < 1.29 is 9.18 Å². The van der Waals surface area contributed by atoms with E-state index in [2.05, 4.69) is 34.8 Å². The lowest BCUT2D eigenvalue weighted by Gasteiger charge is -2.33. The van der Waals surface area contributed by atoms with Crippen molar-refractivity contribution in [1.29, 1.82) is 0 Å². The summed E-state index contributed by atoms with van der Waals surface area (Å²) in [6, 6.07) is 13.7. The molecule has 1 aromatic heterocycles. The smallest absolute Gasteiger partial charge is 0.240 e. The van der Waals surface area contributed by atoms with Crippen LogP contribution in [0.4, 0.5) is 10.1 Å². The fraction of sp³-hybridized carbons (Fsp3) is 0.318. The zero-order valence-corrected chi connectivity index (χ0v) is 17.7. The van der Waals surface area contributed by atoms with Gasteiger partial charge in [0.1, 0.15) is 11.1 Å². The van der Waals surface area contributed by atoms with Gasteiger partial charge in [-0.25, -0.2) is 9.07 Å². The lowest BCUT2D eigenvalue weighted by molar-refractivity contribution is -0.116. The number of halogens is 1. The van der Waals surface area contributed by atoms with E-state index < -0.39 is 5.25 Å². The second-order valence-electron chi connectivity index (χ2n) is 7.18. The van der Waals surface area contributed by atoms with Crippen LogP contribution in [0.15, 0.2) is 53.7 Å². The number of carbonyl (C=O) groups excluding carboxylic acids is 1. The molecule has 0 unspecified atom stereocenters. The summed E-state index contributed by atoms with van der Waals surface area (Å²) >= 11 is 1.37. The number of carbonyl (C=O) groups is 1. The monoisotopic (exact) mass is 425 g/mol. The number of anilines is 1. The highest BCUT2D eigenvalue weighted by atomic mass is 32.2. The van der Waals surface area contributed by atoms with Gasteiger partial charge in [-0.2, -0.15) is 0 Å². The summed E-state index contributed by atoms with van der Waals surface area (Å²) in [5.41, 5.74) is 6.11. The van der Waals surface area contributed by atoms with E-state index >= 15 is 0 Å². The maximum atomic E-state index is 13.5. The summed E-state index contributed by atoms with van der Waals surface area (Å²) in [5, 5.41) is 11.8. The minimum atomic E-state index is -0.494. The van der Waals surface area contributed by atoms with Crippen molar-refractivity contribution in [3.63, 3.8) is 0 Å². The first-order chi connectivity index (χ1) is 14.6. The molecule has 8 heteroatoms. The Kier molecular flexibility index (Phi) is 6.03. The molecule has 156 valence electrons. The normalized spacial score (nSPS) is 17.8. The van der Waals surface area contributed by atoms with Gasteiger partial charge in [-0.1, -0.05) is 55.9 Å². The number of hydrogen-bond donors (Lipinski definition) is 2. The summed E-state index contributed by atoms with van der Waals surface area (Å²) < 4.78 is 15.4. The molecule has 0 aliphatic carbocycles. The molecular formula is C22H24FN5OS. The van der Waals surface area contributed by atoms with Crippen LogP contribution in [0.25, 0.3) is 0 Å². The van der Waals surface area contributed by atoms with Gasteiger partial charge in [0.25, 0.3) is 0 Å². The van der Waals surface area contributed by atoms with Gasteiger partial charge < -0.3 is 10.7 Å². The molecule has 0 bridgehead atoms. The van der Waals surface area contributed by atoms with Crippen molar-refractivity contribution in [1.82, 2.24) is 14.9 Å². The molecule has 2 atom stereocenters. The van der Waals surface area contributed by atoms with Crippen LogP contribution >= 0.6 is 11.8 Å². The van der Waals surface area contributed by atoms with Crippen molar-refractivity contribution in [2.75, 3.05) is 10.7 Å². The van der Waals surface area contributed by atoms with Crippen LogP contribution in [0.1, 0.15) is 43.3 Å². The zero-order valence-electron chi connectivity index (χ0n) is 16.9. The van der Waals surface area contributed by atoms with E-state index in [0.29, 0.717) is 5.16 Å². The molecule has 1 aliphatic rings. The number of nitrogens with zero attached hydrogens (tertiary/aromatic N) is 3. The molecule has 0 radical (unpaired) electrons. The quantitative estimate of drug-likeness (QED) is 0.615. The SMILES string of the molecule is CCCc1nnc2n1N[C@H](c1ccc(F)cc1)[C@@H](C(=O)Nc1ccccc1CC)S2. The minimum absolute atomic E-state index is 0.131. The van der Waals surface area contributed by atoms with Gasteiger partial charge in [0.05, 0.1) is 6.04 Å². The number of nitrogens with one attached hydrogen (secondary N) is 2. The van der Waals surface area contributed by atoms with E-state index in [1.165, 1.54) is 23.9 Å². The molecule has 0 spiro atoms. The molecular weight excluding hydrogens is 401 g/mol. The standard InChI is InChI=1S/C22H24FN5OS/c1-3-7-18-25-26-22-28(18)27-19(15-10-12-16(23)13-11-15)20(30-22)21(29)24-17-9-6-5-8-14(17)4-2/h5-6,8-13,19-20,27H,3-4,7H2,1-2H3,(H,24,29)/t19-,20+/m1/s1. The minimum Gasteiger partial charge on any atom is -0.325 e. The molecule has 3 aromatic rings. The molecule has 1 aliphatic heterocycles. The highest BCUT2D eigenvalue weighted by Crippen LogP contribution is 2.38. The molecule has 1 amide bonds. The Balaban J connectivity index is 1.67. The van der Waals surface area contributed by atoms with Crippen LogP contribution in [-0.2, 0) is 17.6 Å². The number of hydrogen-bond acceptors (Lipinski definition) is 5. The van der Waals surface area contributed by atoms with Crippen LogP contribution in [0.5, 0.6) is 0 Å². The Bertz CT molecular complexity index is 1040. The first-order valence-corrected chi connectivity index (χ1v) is 11.0. The van der Waals surface area contributed by atoms with E-state index in [1.807, 2.05) is 28.9 Å². The van der Waals surface area contributed by atoms with Crippen LogP contribution in [0.2, 0.25) is 0 Å². The van der Waals surface area contributed by atoms with E-state index in [4.69, 9.17) is 0 Å². The first-order valence-electron chi connectivity index (χ1n) is 10.1. The van der Waals surface area contributed by atoms with Crippen molar-refractivity contribution in [2.24, 2.45) is 0 Å². The van der Waals surface area contributed by atoms with Gasteiger partial charge in [-0.3, -0.25) is 4.79 Å². The summed E-state index contributed by atoms with van der Waals surface area (Å²) in [6.07, 6.45) is 2.53. The van der Waals surface area contributed by atoms with Crippen molar-refractivity contribution in [2.45, 2.75) is 49.6 Å². The number of aromatic nitrogens is 3. The van der Waals surface area contributed by atoms with Crippen molar-refractivity contribution in [3.05, 3.63) is 71.3 Å². The summed E-state index contributed by atoms with van der Waals surface area (Å²) in [6.45, 7) is 4.14. The second-order valence-corrected chi connectivity index (χ2v) is 8.29. The molecule has 30 heavy (non-hydrogen) atoms. The van der Waals surface area contributed by atoms with Crippen LogP contribution < -0.4 is 10.7 Å². The van der Waals surface area contributed by atoms with E-state index in [1.54, 1.807) is 12.1 Å². The molecule has 4 rings (SSSR count). The Morgan fingerprint density at radius 1 is 1.17 bits per heavy atom. The number of benzene rings is 2. The Morgan fingerprint density at radius 2 is 1.93 bits per heavy atom. The Labute approximate surface area is 179 Å². The van der Waals surface area contributed by atoms with Crippen molar-refractivity contribution in [3.8, 4) is 0 Å². The summed E-state index contributed by atoms with van der Waals surface area (Å²) in [7, 11) is 0. The number of thioether (sulfide) groups is 1. The third kappa shape index (κ3) is 4.05. The van der Waals surface area contributed by atoms with Gasteiger partial charge in [0.15, 0.2) is 5.82 Å². The summed E-state index contributed by atoms with van der Waals surface area (Å²) in [4.78, 5) is 13.3. The van der Waals surface area contributed by atoms with Crippen LogP contribution in [0.3, 0.4) is 0 Å². The summed E-state index contributed by atoms with van der Waals surface area (Å²) in [5.74, 6) is 0.382. The molecule has 0 fully saturated rings. The van der Waals surface area contributed by atoms with Gasteiger partial charge >= 0.3 is 0 Å². The third-order valence-corrected chi connectivity index (χ3v) is 6.34. The maximum absolute atomic E-state index is 13.5. The lowest BCUT2D eigenvalue weighted by atomic mass is 10.0. The molecule has 0 saturated carbocycles. The lowest BCUT2D eigenvalue weighted by Crippen LogP contribution is -2.41. The fourth-order valence-corrected chi connectivity index (χ4v) is 4.66. The first kappa shape index (κ1) is 20.4. The fourth-order valence-electron chi connectivity index (χ4n) is 3.56. The average Bonchev–Trinajstić information content (AvgIpc) is 3.16. The van der Waals surface area contributed by atoms with Crippen LogP contribution in [0, 0.1) is 5.82 Å². The predicted molar refractivity (Wildman–Crippen MR) is 117 cm³/mol. The number of amides is 1. The average molecular weight is 426 g/mol. The van der Waals surface area contributed by atoms with Gasteiger partial charge in [-0.05, 0) is 42.2 Å². The van der Waals surface area contributed by atoms with E-state index in [0.717, 1.165) is 41.9 Å². The Hall–Kier alpha value is -2.87. The largest absolute Gasteiger partial charge is 0.325 e. The van der Waals surface area contributed by atoms with E-state index in [-0.39, 0.29) is 17.8 Å². The molecule has 2 aromatic carbocycles. The number of aryl methyl sites for hydroxylation is 2. The molecule has 2 N–H and O–H groups in total. The molecule has 6 nitrogen and oxygen atoms in total.